The van der Waals surface area contributed by atoms with Gasteiger partial charge in [0.05, 0.1) is 17.6 Å². The van der Waals surface area contributed by atoms with E-state index in [2.05, 4.69) is 10.6 Å². The van der Waals surface area contributed by atoms with Gasteiger partial charge in [0.25, 0.3) is 5.91 Å². The molecule has 39 heavy (non-hydrogen) atoms. The van der Waals surface area contributed by atoms with E-state index in [9.17, 15) is 14.5 Å². The zero-order valence-corrected chi connectivity index (χ0v) is 22.7. The highest BCUT2D eigenvalue weighted by atomic mass is 16.5. The van der Waals surface area contributed by atoms with Gasteiger partial charge in [-0.15, -0.1) is 0 Å². The van der Waals surface area contributed by atoms with E-state index in [1.165, 1.54) is 0 Å². The maximum absolute atomic E-state index is 13.5. The lowest BCUT2D eigenvalue weighted by Gasteiger charge is -2.16. The normalized spacial score (nSPS) is 16.9. The highest BCUT2D eigenvalue weighted by Gasteiger charge is 2.45. The van der Waals surface area contributed by atoms with E-state index in [-0.39, 0.29) is 11.6 Å². The van der Waals surface area contributed by atoms with Gasteiger partial charge in [0.2, 0.25) is 0 Å². The van der Waals surface area contributed by atoms with Crippen LogP contribution in [0.5, 0.6) is 5.75 Å². The van der Waals surface area contributed by atoms with Crippen LogP contribution in [-0.4, -0.2) is 41.7 Å². The third-order valence-electron chi connectivity index (χ3n) is 7.43. The van der Waals surface area contributed by atoms with Gasteiger partial charge in [-0.1, -0.05) is 24.3 Å². The average molecular weight is 526 g/mol. The van der Waals surface area contributed by atoms with E-state index in [0.29, 0.717) is 33.0 Å². The standard InChI is InChI=1S/C31H32N4O4/c1-19-9-7-10-20(2)27(19)25-18-22(13-14-26(25)39-4)29-32-21(3)28(35(29)38)30(36)33-24-12-8-11-23(17-24)31(37)34-15-5-6-16-34/h7-14,17-18,29H,5-6,15-16H2,1-4H3,(H-,32,33,36,38)/p+1. The first-order valence-corrected chi connectivity index (χ1v) is 13.2. The first kappa shape index (κ1) is 26.2. The van der Waals surface area contributed by atoms with Gasteiger partial charge >= 0.3 is 17.8 Å². The highest BCUT2D eigenvalue weighted by Crippen LogP contribution is 2.38. The van der Waals surface area contributed by atoms with Crippen LogP contribution in [0.15, 0.2) is 72.1 Å². The van der Waals surface area contributed by atoms with Crippen molar-refractivity contribution in [1.82, 2.24) is 10.2 Å². The Balaban J connectivity index is 1.38. The zero-order chi connectivity index (χ0) is 27.7. The molecule has 0 aromatic heterocycles. The van der Waals surface area contributed by atoms with E-state index in [1.807, 2.05) is 55.1 Å². The Morgan fingerprint density at radius 1 is 0.974 bits per heavy atom. The van der Waals surface area contributed by atoms with Crippen molar-refractivity contribution in [2.45, 2.75) is 39.8 Å². The van der Waals surface area contributed by atoms with Crippen molar-refractivity contribution in [2.75, 3.05) is 25.5 Å². The van der Waals surface area contributed by atoms with Gasteiger partial charge in [0, 0.05) is 40.4 Å². The minimum absolute atomic E-state index is 0.000660. The third-order valence-corrected chi connectivity index (χ3v) is 7.43. The molecular formula is C31H33N4O4+. The van der Waals surface area contributed by atoms with E-state index in [4.69, 9.17) is 4.74 Å². The number of carbonyl (C=O) groups excluding carboxylic acids is 2. The van der Waals surface area contributed by atoms with Crippen molar-refractivity contribution >= 4 is 17.5 Å². The minimum atomic E-state index is -0.775. The molecule has 2 heterocycles. The molecule has 1 saturated heterocycles. The summed E-state index contributed by atoms with van der Waals surface area (Å²) in [6.45, 7) is 7.30. The van der Waals surface area contributed by atoms with Crippen molar-refractivity contribution in [1.29, 1.82) is 0 Å². The summed E-state index contributed by atoms with van der Waals surface area (Å²) in [6, 6.07) is 18.6. The van der Waals surface area contributed by atoms with Crippen LogP contribution in [0, 0.1) is 18.8 Å². The first-order chi connectivity index (χ1) is 18.8. The topological polar surface area (TPSA) is 90.8 Å². The summed E-state index contributed by atoms with van der Waals surface area (Å²) in [5.41, 5.74) is 6.30. The molecule has 2 N–H and O–H groups in total. The van der Waals surface area contributed by atoms with Crippen LogP contribution in [-0.2, 0) is 4.79 Å². The second kappa shape index (κ2) is 10.7. The molecule has 0 radical (unpaired) electrons. The Kier molecular flexibility index (Phi) is 7.19. The molecule has 0 aliphatic carbocycles. The zero-order valence-electron chi connectivity index (χ0n) is 22.7. The molecular weight excluding hydrogens is 492 g/mol. The van der Waals surface area contributed by atoms with Crippen molar-refractivity contribution in [2.24, 2.45) is 0 Å². The molecule has 8 heteroatoms. The van der Waals surface area contributed by atoms with Gasteiger partial charge in [0.1, 0.15) is 5.75 Å². The van der Waals surface area contributed by atoms with Crippen LogP contribution >= 0.6 is 0 Å². The van der Waals surface area contributed by atoms with Crippen molar-refractivity contribution in [3.63, 3.8) is 0 Å². The third kappa shape index (κ3) is 5.02. The number of likely N-dealkylation sites (tertiary alicyclic amines) is 1. The number of aryl methyl sites for hydroxylation is 2. The number of hydrogen-bond acceptors (Lipinski definition) is 5. The number of carbonyl (C=O) groups is 2. The number of methoxy groups -OCH3 is 1. The molecule has 0 spiro atoms. The molecule has 2 aliphatic heterocycles. The van der Waals surface area contributed by atoms with Gasteiger partial charge in [-0.2, -0.15) is 0 Å². The molecule has 0 bridgehead atoms. The smallest absolute Gasteiger partial charge is 0.342 e. The summed E-state index contributed by atoms with van der Waals surface area (Å²) in [6.07, 6.45) is 1.23. The molecule has 0 saturated carbocycles. The maximum Gasteiger partial charge on any atom is 0.342 e. The molecule has 3 aromatic carbocycles. The van der Waals surface area contributed by atoms with Crippen molar-refractivity contribution in [3.05, 3.63) is 99.2 Å². The highest BCUT2D eigenvalue weighted by molar-refractivity contribution is 6.03. The molecule has 200 valence electrons. The number of hydrogen-bond donors (Lipinski definition) is 2. The second-order valence-electron chi connectivity index (χ2n) is 10.1. The molecule has 2 amide bonds. The molecule has 1 unspecified atom stereocenters. The lowest BCUT2D eigenvalue weighted by molar-refractivity contribution is -0.534. The number of nitrogens with zero attached hydrogens (tertiary/aromatic N) is 2. The first-order valence-electron chi connectivity index (χ1n) is 13.2. The van der Waals surface area contributed by atoms with Crippen LogP contribution in [0.1, 0.15) is 53.0 Å². The second-order valence-corrected chi connectivity index (χ2v) is 10.1. The predicted octanol–water partition coefficient (Wildman–Crippen LogP) is 5.47. The molecule has 8 nitrogen and oxygen atoms in total. The van der Waals surface area contributed by atoms with Crippen LogP contribution in [0.25, 0.3) is 11.1 Å². The number of allylic oxidation sites excluding steroid dienone is 1. The number of rotatable bonds is 6. The van der Waals surface area contributed by atoms with Crippen LogP contribution in [0.4, 0.5) is 5.69 Å². The Morgan fingerprint density at radius 2 is 1.67 bits per heavy atom. The Morgan fingerprint density at radius 3 is 2.36 bits per heavy atom. The quantitative estimate of drug-likeness (QED) is 0.417. The largest absolute Gasteiger partial charge is 0.496 e. The van der Waals surface area contributed by atoms with E-state index in [0.717, 1.165) is 48.2 Å². The number of ether oxygens (including phenoxy) is 1. The van der Waals surface area contributed by atoms with E-state index in [1.54, 1.807) is 38.3 Å². The Hall–Kier alpha value is -4.46. The van der Waals surface area contributed by atoms with Crippen LogP contribution in [0.2, 0.25) is 0 Å². The number of nitrogens with one attached hydrogen (secondary N) is 2. The van der Waals surface area contributed by atoms with E-state index >= 15 is 0 Å². The van der Waals surface area contributed by atoms with Crippen LogP contribution < -0.4 is 15.4 Å². The summed E-state index contributed by atoms with van der Waals surface area (Å²) >= 11 is 0. The molecule has 3 aromatic rings. The summed E-state index contributed by atoms with van der Waals surface area (Å²) in [7, 11) is 1.63. The van der Waals surface area contributed by atoms with E-state index < -0.39 is 12.1 Å². The SMILES string of the molecule is COc1ccc(C2NC(C)=C(C(=O)Nc3cccc(C(=O)N4CCCC4)c3)[N+]2=O)cc1-c1c(C)cccc1C. The molecule has 1 fully saturated rings. The van der Waals surface area contributed by atoms with Crippen molar-refractivity contribution < 1.29 is 19.1 Å². The van der Waals surface area contributed by atoms with Crippen LogP contribution in [0.3, 0.4) is 0 Å². The maximum atomic E-state index is 13.5. The lowest BCUT2D eigenvalue weighted by atomic mass is 9.93. The Labute approximate surface area is 228 Å². The van der Waals surface area contributed by atoms with Gasteiger partial charge in [-0.3, -0.25) is 9.59 Å². The van der Waals surface area contributed by atoms with Gasteiger partial charge in [-0.25, -0.2) is 0 Å². The van der Waals surface area contributed by atoms with Gasteiger partial charge in [-0.05, 0) is 86.7 Å². The monoisotopic (exact) mass is 525 g/mol. The average Bonchev–Trinajstić information content (AvgIpc) is 3.56. The fourth-order valence-corrected chi connectivity index (χ4v) is 5.47. The lowest BCUT2D eigenvalue weighted by Crippen LogP contribution is -2.27. The Bertz CT molecular complexity index is 1480. The number of benzene rings is 3. The number of nitroso groups, excluding NO2 is 1. The van der Waals surface area contributed by atoms with Gasteiger partial charge in [0.15, 0.2) is 0 Å². The number of anilines is 1. The summed E-state index contributed by atoms with van der Waals surface area (Å²) in [4.78, 5) is 41.3. The van der Waals surface area contributed by atoms with Crippen molar-refractivity contribution in [3.8, 4) is 16.9 Å². The fourth-order valence-electron chi connectivity index (χ4n) is 5.47. The number of amides is 2. The summed E-state index contributed by atoms with van der Waals surface area (Å²) < 4.78 is 6.35. The molecule has 1 atom stereocenters. The molecule has 2 aliphatic rings. The van der Waals surface area contributed by atoms with Gasteiger partial charge < -0.3 is 20.3 Å². The molecule has 5 rings (SSSR count). The minimum Gasteiger partial charge on any atom is -0.496 e. The fraction of sp³-hybridized carbons (Fsp3) is 0.290. The summed E-state index contributed by atoms with van der Waals surface area (Å²) in [5.74, 6) is 0.121. The predicted molar refractivity (Wildman–Crippen MR) is 150 cm³/mol. The summed E-state index contributed by atoms with van der Waals surface area (Å²) in [5, 5.41) is 5.98.